The molecule has 3 nitrogen and oxygen atoms in total. The molecule has 0 unspecified atom stereocenters. The van der Waals surface area contributed by atoms with Gasteiger partial charge in [-0.2, -0.15) is 0 Å². The van der Waals surface area contributed by atoms with Gasteiger partial charge in [0.2, 0.25) is 5.91 Å². The molecule has 0 atom stereocenters. The van der Waals surface area contributed by atoms with Crippen molar-refractivity contribution in [2.24, 2.45) is 0 Å². The summed E-state index contributed by atoms with van der Waals surface area (Å²) in [5.41, 5.74) is 3.50. The molecule has 1 amide bonds. The highest BCUT2D eigenvalue weighted by Crippen LogP contribution is 2.25. The molecule has 0 aliphatic heterocycles. The van der Waals surface area contributed by atoms with Gasteiger partial charge < -0.3 is 10.0 Å². The Hall–Kier alpha value is -2.72. The molecule has 3 aromatic carbocycles. The van der Waals surface area contributed by atoms with Crippen molar-refractivity contribution in [2.75, 3.05) is 12.8 Å². The minimum absolute atomic E-state index is 0.161. The Balaban J connectivity index is 1.51. The van der Waals surface area contributed by atoms with Crippen LogP contribution in [0.3, 0.4) is 0 Å². The van der Waals surface area contributed by atoms with Crippen LogP contribution in [0.1, 0.15) is 18.4 Å². The number of hydrogen-bond donors (Lipinski definition) is 1. The van der Waals surface area contributed by atoms with Crippen LogP contribution < -0.4 is 0 Å². The van der Waals surface area contributed by atoms with E-state index in [4.69, 9.17) is 0 Å². The molecule has 0 radical (unpaired) electrons. The van der Waals surface area contributed by atoms with E-state index >= 15 is 0 Å². The monoisotopic (exact) mass is 391 g/mol. The highest BCUT2D eigenvalue weighted by atomic mass is 32.2. The Kier molecular flexibility index (Phi) is 7.15. The fourth-order valence-corrected chi connectivity index (χ4v) is 3.90. The van der Waals surface area contributed by atoms with E-state index in [9.17, 15) is 9.90 Å². The van der Waals surface area contributed by atoms with Crippen LogP contribution in [0.5, 0.6) is 5.75 Å². The fourth-order valence-electron chi connectivity index (χ4n) is 3.05. The molecular formula is C24H25NO2S. The van der Waals surface area contributed by atoms with Crippen molar-refractivity contribution in [1.29, 1.82) is 0 Å². The van der Waals surface area contributed by atoms with Crippen LogP contribution in [-0.4, -0.2) is 28.7 Å². The van der Waals surface area contributed by atoms with Crippen molar-refractivity contribution in [1.82, 2.24) is 4.90 Å². The minimum atomic E-state index is 0.161. The SMILES string of the molecule is CN(Cc1ccccc1-c1ccccc1)C(=O)CCCSc1ccc(O)cc1. The van der Waals surface area contributed by atoms with E-state index in [1.54, 1.807) is 23.9 Å². The molecule has 0 aliphatic rings. The maximum atomic E-state index is 12.5. The smallest absolute Gasteiger partial charge is 0.222 e. The number of carbonyl (C=O) groups excluding carboxylic acids is 1. The second-order valence-electron chi connectivity index (χ2n) is 6.72. The number of aromatic hydroxyl groups is 1. The summed E-state index contributed by atoms with van der Waals surface area (Å²) in [6.07, 6.45) is 1.37. The maximum Gasteiger partial charge on any atom is 0.222 e. The molecule has 3 aromatic rings. The summed E-state index contributed by atoms with van der Waals surface area (Å²) in [7, 11) is 1.87. The highest BCUT2D eigenvalue weighted by molar-refractivity contribution is 7.99. The summed E-state index contributed by atoms with van der Waals surface area (Å²) in [6, 6.07) is 25.7. The zero-order valence-electron chi connectivity index (χ0n) is 16.0. The zero-order valence-corrected chi connectivity index (χ0v) is 16.9. The van der Waals surface area contributed by atoms with Crippen molar-refractivity contribution < 1.29 is 9.90 Å². The van der Waals surface area contributed by atoms with Crippen LogP contribution in [0.2, 0.25) is 0 Å². The molecule has 0 heterocycles. The third-order valence-corrected chi connectivity index (χ3v) is 5.67. The lowest BCUT2D eigenvalue weighted by atomic mass is 9.99. The van der Waals surface area contributed by atoms with Crippen LogP contribution in [-0.2, 0) is 11.3 Å². The molecule has 1 N–H and O–H groups in total. The Labute approximate surface area is 171 Å². The third kappa shape index (κ3) is 5.64. The summed E-state index contributed by atoms with van der Waals surface area (Å²) in [5, 5.41) is 9.32. The second-order valence-corrected chi connectivity index (χ2v) is 7.89. The number of hydrogen-bond acceptors (Lipinski definition) is 3. The van der Waals surface area contributed by atoms with Crippen LogP contribution in [0, 0.1) is 0 Å². The van der Waals surface area contributed by atoms with Crippen LogP contribution >= 0.6 is 11.8 Å². The standard InChI is InChI=1S/C24H25NO2S/c1-25(24(27)12-7-17-28-22-15-13-21(26)14-16-22)18-20-10-5-6-11-23(20)19-8-3-2-4-9-19/h2-6,8-11,13-16,26H,7,12,17-18H2,1H3. The normalized spacial score (nSPS) is 10.6. The maximum absolute atomic E-state index is 12.5. The van der Waals surface area contributed by atoms with E-state index in [0.29, 0.717) is 13.0 Å². The van der Waals surface area contributed by atoms with Crippen molar-refractivity contribution in [2.45, 2.75) is 24.3 Å². The first-order chi connectivity index (χ1) is 13.6. The van der Waals surface area contributed by atoms with Gasteiger partial charge >= 0.3 is 0 Å². The van der Waals surface area contributed by atoms with E-state index in [-0.39, 0.29) is 11.7 Å². The lowest BCUT2D eigenvalue weighted by molar-refractivity contribution is -0.130. The first-order valence-corrected chi connectivity index (χ1v) is 10.4. The van der Waals surface area contributed by atoms with E-state index in [2.05, 4.69) is 24.3 Å². The molecule has 0 fully saturated rings. The summed E-state index contributed by atoms with van der Waals surface area (Å²) in [6.45, 7) is 0.606. The Morgan fingerprint density at radius 1 is 0.929 bits per heavy atom. The zero-order chi connectivity index (χ0) is 19.8. The average molecular weight is 392 g/mol. The number of phenolic OH excluding ortho intramolecular Hbond substituents is 1. The molecule has 0 saturated heterocycles. The summed E-state index contributed by atoms with van der Waals surface area (Å²) < 4.78 is 0. The lowest BCUT2D eigenvalue weighted by Gasteiger charge is -2.19. The van der Waals surface area contributed by atoms with Gasteiger partial charge in [0.1, 0.15) is 5.75 Å². The van der Waals surface area contributed by atoms with E-state index in [1.165, 1.54) is 11.1 Å². The number of phenols is 1. The van der Waals surface area contributed by atoms with Gasteiger partial charge in [-0.25, -0.2) is 0 Å². The largest absolute Gasteiger partial charge is 0.508 e. The summed E-state index contributed by atoms with van der Waals surface area (Å²) in [5.74, 6) is 1.32. The topological polar surface area (TPSA) is 40.5 Å². The molecular weight excluding hydrogens is 366 g/mol. The lowest BCUT2D eigenvalue weighted by Crippen LogP contribution is -2.26. The minimum Gasteiger partial charge on any atom is -0.508 e. The van der Waals surface area contributed by atoms with Crippen LogP contribution in [0.25, 0.3) is 11.1 Å². The quantitative estimate of drug-likeness (QED) is 0.402. The van der Waals surface area contributed by atoms with Gasteiger partial charge in [0.25, 0.3) is 0 Å². The molecule has 0 spiro atoms. The van der Waals surface area contributed by atoms with E-state index in [1.807, 2.05) is 54.4 Å². The molecule has 4 heteroatoms. The Morgan fingerprint density at radius 3 is 2.36 bits per heavy atom. The molecule has 3 rings (SSSR count). The van der Waals surface area contributed by atoms with Crippen molar-refractivity contribution in [3.05, 3.63) is 84.4 Å². The molecule has 0 aliphatic carbocycles. The number of thioether (sulfide) groups is 1. The average Bonchev–Trinajstić information content (AvgIpc) is 2.73. The second kappa shape index (κ2) is 10.00. The van der Waals surface area contributed by atoms with Gasteiger partial charge in [0.05, 0.1) is 0 Å². The van der Waals surface area contributed by atoms with Crippen molar-refractivity contribution in [3.8, 4) is 16.9 Å². The summed E-state index contributed by atoms with van der Waals surface area (Å²) in [4.78, 5) is 15.5. The number of nitrogens with zero attached hydrogens (tertiary/aromatic N) is 1. The van der Waals surface area contributed by atoms with E-state index in [0.717, 1.165) is 22.6 Å². The number of carbonyl (C=O) groups is 1. The van der Waals surface area contributed by atoms with Gasteiger partial charge in [0, 0.05) is 24.9 Å². The first kappa shape index (κ1) is 20.0. The van der Waals surface area contributed by atoms with Crippen molar-refractivity contribution >= 4 is 17.7 Å². The first-order valence-electron chi connectivity index (χ1n) is 9.42. The highest BCUT2D eigenvalue weighted by Gasteiger charge is 2.12. The van der Waals surface area contributed by atoms with Crippen LogP contribution in [0.4, 0.5) is 0 Å². The molecule has 144 valence electrons. The molecule has 0 aromatic heterocycles. The van der Waals surface area contributed by atoms with Gasteiger partial charge in [-0.1, -0.05) is 54.6 Å². The van der Waals surface area contributed by atoms with Gasteiger partial charge in [-0.15, -0.1) is 11.8 Å². The van der Waals surface area contributed by atoms with Gasteiger partial charge in [-0.3, -0.25) is 4.79 Å². The number of benzene rings is 3. The van der Waals surface area contributed by atoms with Gasteiger partial charge in [0.15, 0.2) is 0 Å². The number of amides is 1. The summed E-state index contributed by atoms with van der Waals surface area (Å²) >= 11 is 1.70. The predicted octanol–water partition coefficient (Wildman–Crippen LogP) is 5.59. The Bertz CT molecular complexity index is 894. The molecule has 28 heavy (non-hydrogen) atoms. The predicted molar refractivity (Wildman–Crippen MR) is 116 cm³/mol. The van der Waals surface area contributed by atoms with E-state index < -0.39 is 0 Å². The van der Waals surface area contributed by atoms with Crippen LogP contribution in [0.15, 0.2) is 83.8 Å². The Morgan fingerprint density at radius 2 is 1.61 bits per heavy atom. The van der Waals surface area contributed by atoms with Crippen molar-refractivity contribution in [3.63, 3.8) is 0 Å². The number of rotatable bonds is 8. The molecule has 0 saturated carbocycles. The fraction of sp³-hybridized carbons (Fsp3) is 0.208. The third-order valence-electron chi connectivity index (χ3n) is 4.58. The van der Waals surface area contributed by atoms with Gasteiger partial charge in [-0.05, 0) is 53.1 Å². The molecule has 0 bridgehead atoms.